The van der Waals surface area contributed by atoms with E-state index in [9.17, 15) is 8.78 Å². The van der Waals surface area contributed by atoms with Gasteiger partial charge >= 0.3 is 0 Å². The molecule has 3 aliphatic rings. The minimum absolute atomic E-state index is 0.185. The van der Waals surface area contributed by atoms with Gasteiger partial charge in [-0.25, -0.2) is 8.78 Å². The largest absolute Gasteiger partial charge is 0.492 e. The molecule has 0 saturated carbocycles. The van der Waals surface area contributed by atoms with Gasteiger partial charge in [0.05, 0.1) is 5.41 Å². The van der Waals surface area contributed by atoms with Crippen molar-refractivity contribution in [2.24, 2.45) is 0 Å². The monoisotopic (exact) mass is 449 g/mol. The molecule has 33 heavy (non-hydrogen) atoms. The summed E-state index contributed by atoms with van der Waals surface area (Å²) in [7, 11) is 0. The van der Waals surface area contributed by atoms with Gasteiger partial charge in [0.25, 0.3) is 0 Å². The summed E-state index contributed by atoms with van der Waals surface area (Å²) in [5.41, 5.74) is 3.53. The van der Waals surface area contributed by atoms with E-state index in [1.807, 2.05) is 24.3 Å². The van der Waals surface area contributed by atoms with Crippen LogP contribution in [0.15, 0.2) is 48.5 Å². The topological polar surface area (TPSA) is 30.9 Å². The van der Waals surface area contributed by atoms with Gasteiger partial charge in [0.2, 0.25) is 6.79 Å². The van der Waals surface area contributed by atoms with Gasteiger partial charge in [-0.1, -0.05) is 31.9 Å². The lowest BCUT2D eigenvalue weighted by Gasteiger charge is -2.26. The van der Waals surface area contributed by atoms with Crippen LogP contribution in [0.4, 0.5) is 14.5 Å². The zero-order chi connectivity index (χ0) is 22.6. The SMILES string of the molecule is CCCCCN1CC2(COc3cc4c(cc32)OCO4)c2c(-c3cc(F)ccc3F)cccc21. The molecule has 1 spiro atoms. The third-order valence-corrected chi connectivity index (χ3v) is 7.04. The molecule has 3 aliphatic heterocycles. The lowest BCUT2D eigenvalue weighted by atomic mass is 9.74. The van der Waals surface area contributed by atoms with E-state index >= 15 is 0 Å². The Balaban J connectivity index is 1.56. The number of unbranched alkanes of at least 4 members (excludes halogenated alkanes) is 2. The Hall–Kier alpha value is -3.28. The van der Waals surface area contributed by atoms with Gasteiger partial charge in [-0.2, -0.15) is 0 Å². The molecular weight excluding hydrogens is 424 g/mol. The van der Waals surface area contributed by atoms with Crippen LogP contribution in [-0.2, 0) is 5.41 Å². The number of fused-ring (bicyclic) bond motifs is 5. The van der Waals surface area contributed by atoms with Gasteiger partial charge in [0, 0.05) is 36.0 Å². The molecule has 3 heterocycles. The van der Waals surface area contributed by atoms with Gasteiger partial charge in [0.15, 0.2) is 11.5 Å². The summed E-state index contributed by atoms with van der Waals surface area (Å²) in [5.74, 6) is 1.24. The maximum atomic E-state index is 15.0. The van der Waals surface area contributed by atoms with E-state index < -0.39 is 17.0 Å². The number of halogens is 2. The molecule has 1 atom stereocenters. The van der Waals surface area contributed by atoms with E-state index in [0.717, 1.165) is 54.4 Å². The molecule has 4 nitrogen and oxygen atoms in total. The Morgan fingerprint density at radius 2 is 1.76 bits per heavy atom. The number of hydrogen-bond acceptors (Lipinski definition) is 4. The predicted molar refractivity (Wildman–Crippen MR) is 122 cm³/mol. The maximum absolute atomic E-state index is 15.0. The van der Waals surface area contributed by atoms with Gasteiger partial charge in [-0.3, -0.25) is 0 Å². The highest BCUT2D eigenvalue weighted by atomic mass is 19.1. The van der Waals surface area contributed by atoms with Crippen molar-refractivity contribution < 1.29 is 23.0 Å². The van der Waals surface area contributed by atoms with Gasteiger partial charge < -0.3 is 19.1 Å². The van der Waals surface area contributed by atoms with Crippen LogP contribution in [0.2, 0.25) is 0 Å². The van der Waals surface area contributed by atoms with Crippen molar-refractivity contribution in [3.05, 3.63) is 71.3 Å². The van der Waals surface area contributed by atoms with Gasteiger partial charge in [0.1, 0.15) is 24.0 Å². The Morgan fingerprint density at radius 1 is 0.909 bits per heavy atom. The molecule has 0 fully saturated rings. The van der Waals surface area contributed by atoms with E-state index in [0.29, 0.717) is 30.2 Å². The first-order valence-electron chi connectivity index (χ1n) is 11.5. The summed E-state index contributed by atoms with van der Waals surface area (Å²) in [4.78, 5) is 2.37. The second-order valence-electron chi connectivity index (χ2n) is 9.02. The molecule has 0 aromatic heterocycles. The van der Waals surface area contributed by atoms with Crippen LogP contribution in [0.3, 0.4) is 0 Å². The fourth-order valence-electron chi connectivity index (χ4n) is 5.51. The molecule has 170 valence electrons. The molecular formula is C27H25F2NO3. The molecule has 0 N–H and O–H groups in total. The average Bonchev–Trinajstić information content (AvgIpc) is 3.51. The highest BCUT2D eigenvalue weighted by Gasteiger charge is 2.51. The summed E-state index contributed by atoms with van der Waals surface area (Å²) in [6.45, 7) is 4.42. The van der Waals surface area contributed by atoms with E-state index in [2.05, 4.69) is 17.9 Å². The first-order chi connectivity index (χ1) is 16.1. The average molecular weight is 449 g/mol. The van der Waals surface area contributed by atoms with Crippen molar-refractivity contribution in [1.82, 2.24) is 0 Å². The van der Waals surface area contributed by atoms with Crippen molar-refractivity contribution >= 4 is 5.69 Å². The molecule has 0 aliphatic carbocycles. The molecule has 0 bridgehead atoms. The molecule has 0 amide bonds. The Kier molecular flexibility index (Phi) is 4.71. The number of rotatable bonds is 5. The van der Waals surface area contributed by atoms with Crippen molar-refractivity contribution in [3.8, 4) is 28.4 Å². The van der Waals surface area contributed by atoms with E-state index in [-0.39, 0.29) is 12.4 Å². The number of hydrogen-bond donors (Lipinski definition) is 0. The molecule has 6 rings (SSSR count). The number of anilines is 1. The number of ether oxygens (including phenoxy) is 3. The third-order valence-electron chi connectivity index (χ3n) is 7.04. The quantitative estimate of drug-likeness (QED) is 0.444. The lowest BCUT2D eigenvalue weighted by molar-refractivity contribution is 0.173. The van der Waals surface area contributed by atoms with Crippen LogP contribution in [0, 0.1) is 11.6 Å². The summed E-state index contributed by atoms with van der Waals surface area (Å²) in [6.07, 6.45) is 3.35. The second kappa shape index (κ2) is 7.65. The van der Waals surface area contributed by atoms with Crippen molar-refractivity contribution in [3.63, 3.8) is 0 Å². The van der Waals surface area contributed by atoms with Crippen LogP contribution in [0.1, 0.15) is 37.3 Å². The standard InChI is InChI=1S/C27H25F2NO3/c1-2-3-4-10-30-14-27(15-31-23-13-25-24(12-20(23)27)32-16-33-25)26-18(6-5-7-22(26)30)19-11-17(28)8-9-21(19)29/h5-9,11-13H,2-4,10,14-16H2,1H3. The maximum Gasteiger partial charge on any atom is 0.231 e. The van der Waals surface area contributed by atoms with Crippen LogP contribution in [0.5, 0.6) is 17.2 Å². The summed E-state index contributed by atoms with van der Waals surface area (Å²) < 4.78 is 46.6. The normalized spacial score (nSPS) is 19.7. The molecule has 1 unspecified atom stereocenters. The Labute approximate surface area is 191 Å². The van der Waals surface area contributed by atoms with Gasteiger partial charge in [-0.05, 0) is 47.9 Å². The van der Waals surface area contributed by atoms with Crippen molar-refractivity contribution in [2.75, 3.05) is 31.4 Å². The smallest absolute Gasteiger partial charge is 0.231 e. The first-order valence-corrected chi connectivity index (χ1v) is 11.5. The van der Waals surface area contributed by atoms with Crippen molar-refractivity contribution in [2.45, 2.75) is 31.6 Å². The Bertz CT molecular complexity index is 1240. The first kappa shape index (κ1) is 20.3. The van der Waals surface area contributed by atoms with Crippen LogP contribution < -0.4 is 19.1 Å². The molecule has 3 aromatic rings. The fraction of sp³-hybridized carbons (Fsp3) is 0.333. The zero-order valence-corrected chi connectivity index (χ0v) is 18.5. The summed E-state index contributed by atoms with van der Waals surface area (Å²) >= 11 is 0. The molecule has 0 saturated heterocycles. The van der Waals surface area contributed by atoms with E-state index in [1.54, 1.807) is 0 Å². The zero-order valence-electron chi connectivity index (χ0n) is 18.5. The van der Waals surface area contributed by atoms with E-state index in [1.165, 1.54) is 12.1 Å². The minimum Gasteiger partial charge on any atom is -0.492 e. The highest BCUT2D eigenvalue weighted by molar-refractivity contribution is 5.82. The number of benzene rings is 3. The molecule has 3 aromatic carbocycles. The van der Waals surface area contributed by atoms with Crippen molar-refractivity contribution in [1.29, 1.82) is 0 Å². The third kappa shape index (κ3) is 3.07. The van der Waals surface area contributed by atoms with Crippen LogP contribution in [0.25, 0.3) is 11.1 Å². The molecule has 6 heteroatoms. The second-order valence-corrected chi connectivity index (χ2v) is 9.02. The summed E-state index contributed by atoms with van der Waals surface area (Å²) in [6, 6.07) is 13.4. The van der Waals surface area contributed by atoms with Gasteiger partial charge in [-0.15, -0.1) is 0 Å². The Morgan fingerprint density at radius 3 is 2.61 bits per heavy atom. The predicted octanol–water partition coefficient (Wildman–Crippen LogP) is 6.05. The molecule has 0 radical (unpaired) electrons. The van der Waals surface area contributed by atoms with Crippen LogP contribution in [-0.4, -0.2) is 26.5 Å². The minimum atomic E-state index is -0.507. The fourth-order valence-corrected chi connectivity index (χ4v) is 5.51. The lowest BCUT2D eigenvalue weighted by Crippen LogP contribution is -2.36. The number of nitrogens with zero attached hydrogens (tertiary/aromatic N) is 1. The highest BCUT2D eigenvalue weighted by Crippen LogP contribution is 2.56. The van der Waals surface area contributed by atoms with E-state index in [4.69, 9.17) is 14.2 Å². The van der Waals surface area contributed by atoms with Crippen LogP contribution >= 0.6 is 0 Å². The summed E-state index contributed by atoms with van der Waals surface area (Å²) in [5, 5.41) is 0.